The Kier molecular flexibility index (Phi) is 12.8. The largest absolute Gasteiger partial charge is 0.478 e. The number of fused-ring (bicyclic) bond motifs is 2. The normalized spacial score (nSPS) is 15.9. The molecule has 3 aromatic carbocycles. The predicted molar refractivity (Wildman–Crippen MR) is 205 cm³/mol. The van der Waals surface area contributed by atoms with Crippen LogP contribution in [0.4, 0.5) is 0 Å². The zero-order chi connectivity index (χ0) is 39.8. The SMILES string of the molecule is CC(=O)Cc1ccc2c(c1)Oc1c/c(=C/C(=O)N[C@@H](CCCN=C(N)N)C(=O)N3CCC[C@H]3C(=O)N[C@H](C=O)C(C)C)ccc1=C2c1ccccc1C(=O)O. The van der Waals surface area contributed by atoms with E-state index in [1.807, 2.05) is 26.0 Å². The Morgan fingerprint density at radius 2 is 1.76 bits per heavy atom. The molecular weight excluding hydrogens is 704 g/mol. The predicted octanol–water partition coefficient (Wildman–Crippen LogP) is 1.52. The number of aliphatic imine (C=N–C) groups is 1. The van der Waals surface area contributed by atoms with E-state index in [0.29, 0.717) is 70.7 Å². The summed E-state index contributed by atoms with van der Waals surface area (Å²) in [6.45, 7) is 5.63. The van der Waals surface area contributed by atoms with Gasteiger partial charge in [-0.15, -0.1) is 0 Å². The van der Waals surface area contributed by atoms with E-state index in [2.05, 4.69) is 15.6 Å². The highest BCUT2D eigenvalue weighted by atomic mass is 16.5. The lowest BCUT2D eigenvalue weighted by molar-refractivity contribution is -0.141. The number of rotatable bonds is 15. The van der Waals surface area contributed by atoms with Crippen LogP contribution in [0, 0.1) is 5.92 Å². The van der Waals surface area contributed by atoms with Crippen LogP contribution in [0.1, 0.15) is 73.5 Å². The number of carboxylic acid groups (broad SMARTS) is 1. The number of aldehydes is 1. The Balaban J connectivity index is 1.48. The number of nitrogens with one attached hydrogen (secondary N) is 2. The lowest BCUT2D eigenvalue weighted by Gasteiger charge is -2.29. The molecule has 14 heteroatoms. The Labute approximate surface area is 318 Å². The standard InChI is InChI=1S/C41H46N6O8/c1-23(2)32(22-48)46-38(51)33-11-7-17-47(33)39(52)31(10-6-16-44-41(42)43)45-36(50)21-26-13-15-30-35(20-26)55-34-19-25(18-24(3)49)12-14-29(34)37(30)27-8-4-5-9-28(27)40(53)54/h4-5,8-9,12-15,19-23,31-33H,6-7,10-11,16-18H2,1-3H3,(H,45,50)(H,46,51)(H,53,54)(H4,42,43,44)/b26-21+/t31-,32+,33-/m0/s1. The zero-order valence-electron chi connectivity index (χ0n) is 31.0. The first-order chi connectivity index (χ1) is 26.3. The zero-order valence-corrected chi connectivity index (χ0v) is 31.0. The summed E-state index contributed by atoms with van der Waals surface area (Å²) in [5.74, 6) is -2.05. The van der Waals surface area contributed by atoms with Crippen LogP contribution in [0.25, 0.3) is 11.6 Å². The van der Waals surface area contributed by atoms with Crippen molar-refractivity contribution in [1.82, 2.24) is 15.5 Å². The molecule has 288 valence electrons. The molecule has 1 saturated heterocycles. The van der Waals surface area contributed by atoms with Crippen LogP contribution in [0.5, 0.6) is 11.5 Å². The van der Waals surface area contributed by atoms with Crippen LogP contribution in [0.2, 0.25) is 0 Å². The number of hydrogen-bond acceptors (Lipinski definition) is 8. The molecule has 2 aliphatic rings. The van der Waals surface area contributed by atoms with Gasteiger partial charge in [0.2, 0.25) is 17.7 Å². The fourth-order valence-electron chi connectivity index (χ4n) is 6.86. The van der Waals surface area contributed by atoms with E-state index in [0.717, 1.165) is 5.56 Å². The molecule has 55 heavy (non-hydrogen) atoms. The Morgan fingerprint density at radius 1 is 1.00 bits per heavy atom. The maximum absolute atomic E-state index is 14.0. The molecule has 0 aromatic heterocycles. The average molecular weight is 751 g/mol. The minimum atomic E-state index is -1.10. The van der Waals surface area contributed by atoms with Crippen molar-refractivity contribution in [3.8, 4) is 11.5 Å². The molecule has 0 unspecified atom stereocenters. The van der Waals surface area contributed by atoms with E-state index in [-0.39, 0.29) is 42.6 Å². The molecule has 14 nitrogen and oxygen atoms in total. The second-order valence-electron chi connectivity index (χ2n) is 14.1. The van der Waals surface area contributed by atoms with Crippen molar-refractivity contribution in [3.05, 3.63) is 93.4 Å². The van der Waals surface area contributed by atoms with Gasteiger partial charge < -0.3 is 41.6 Å². The van der Waals surface area contributed by atoms with Crippen molar-refractivity contribution in [1.29, 1.82) is 0 Å². The molecule has 0 aliphatic carbocycles. The van der Waals surface area contributed by atoms with Gasteiger partial charge in [-0.05, 0) is 79.1 Å². The van der Waals surface area contributed by atoms with Crippen molar-refractivity contribution >= 4 is 53.4 Å². The number of benzene rings is 3. The number of nitrogens with two attached hydrogens (primary N) is 2. The minimum Gasteiger partial charge on any atom is -0.478 e. The second-order valence-corrected chi connectivity index (χ2v) is 14.1. The number of nitrogens with zero attached hydrogens (tertiary/aromatic N) is 2. The molecule has 2 heterocycles. The summed E-state index contributed by atoms with van der Waals surface area (Å²) in [5, 5.41) is 16.6. The van der Waals surface area contributed by atoms with Crippen LogP contribution in [-0.4, -0.2) is 82.9 Å². The molecule has 2 aliphatic heterocycles. The molecule has 3 amide bonds. The monoisotopic (exact) mass is 750 g/mol. The smallest absolute Gasteiger partial charge is 0.336 e. The Morgan fingerprint density at radius 3 is 2.45 bits per heavy atom. The summed E-state index contributed by atoms with van der Waals surface area (Å²) in [4.78, 5) is 82.0. The Hall–Kier alpha value is -6.31. The van der Waals surface area contributed by atoms with Crippen LogP contribution < -0.4 is 37.3 Å². The van der Waals surface area contributed by atoms with E-state index in [9.17, 15) is 33.9 Å². The lowest BCUT2D eigenvalue weighted by Crippen LogP contribution is -2.55. The molecule has 0 saturated carbocycles. The number of ether oxygens (including phenoxy) is 1. The topological polar surface area (TPSA) is 224 Å². The summed E-state index contributed by atoms with van der Waals surface area (Å²) in [6, 6.07) is 14.6. The van der Waals surface area contributed by atoms with Gasteiger partial charge in [-0.1, -0.05) is 50.2 Å². The van der Waals surface area contributed by atoms with Gasteiger partial charge in [0.1, 0.15) is 35.7 Å². The van der Waals surface area contributed by atoms with Crippen molar-refractivity contribution < 1.29 is 38.6 Å². The number of Topliss-reactive ketones (excluding diaryl/α,β-unsaturated/α-hetero) is 1. The van der Waals surface area contributed by atoms with Gasteiger partial charge in [-0.3, -0.25) is 24.2 Å². The number of aromatic carboxylic acids is 1. The molecule has 5 rings (SSSR count). The van der Waals surface area contributed by atoms with Gasteiger partial charge in [0.05, 0.1) is 11.6 Å². The number of carboxylic acids is 1. The van der Waals surface area contributed by atoms with E-state index in [1.165, 1.54) is 24.0 Å². The fourth-order valence-corrected chi connectivity index (χ4v) is 6.86. The molecule has 0 bridgehead atoms. The molecule has 3 aromatic rings. The maximum Gasteiger partial charge on any atom is 0.336 e. The van der Waals surface area contributed by atoms with Crippen molar-refractivity contribution in [2.24, 2.45) is 22.4 Å². The third-order valence-electron chi connectivity index (χ3n) is 9.56. The molecular formula is C41H46N6O8. The molecule has 1 fully saturated rings. The second kappa shape index (κ2) is 17.7. The first-order valence-electron chi connectivity index (χ1n) is 18.2. The van der Waals surface area contributed by atoms with E-state index in [4.69, 9.17) is 16.2 Å². The van der Waals surface area contributed by atoms with Gasteiger partial charge in [0, 0.05) is 41.9 Å². The van der Waals surface area contributed by atoms with Gasteiger partial charge in [-0.25, -0.2) is 4.79 Å². The highest BCUT2D eigenvalue weighted by Gasteiger charge is 2.38. The van der Waals surface area contributed by atoms with Crippen LogP contribution >= 0.6 is 0 Å². The van der Waals surface area contributed by atoms with Gasteiger partial charge >= 0.3 is 5.97 Å². The summed E-state index contributed by atoms with van der Waals surface area (Å²) in [6.07, 6.45) is 3.69. The van der Waals surface area contributed by atoms with E-state index >= 15 is 0 Å². The number of carbonyl (C=O) groups is 6. The number of amides is 3. The number of hydrogen-bond donors (Lipinski definition) is 5. The molecule has 0 spiro atoms. The highest BCUT2D eigenvalue weighted by Crippen LogP contribution is 2.37. The third kappa shape index (κ3) is 9.63. The molecule has 3 atom stereocenters. The minimum absolute atomic E-state index is 0.0336. The van der Waals surface area contributed by atoms with E-state index in [1.54, 1.807) is 42.5 Å². The Bertz CT molecular complexity index is 2160. The molecule has 0 radical (unpaired) electrons. The molecule has 7 N–H and O–H groups in total. The summed E-state index contributed by atoms with van der Waals surface area (Å²) < 4.78 is 6.35. The van der Waals surface area contributed by atoms with Crippen LogP contribution in [-0.2, 0) is 30.4 Å². The van der Waals surface area contributed by atoms with Gasteiger partial charge in [-0.2, -0.15) is 0 Å². The summed E-state index contributed by atoms with van der Waals surface area (Å²) >= 11 is 0. The average Bonchev–Trinajstić information content (AvgIpc) is 3.63. The maximum atomic E-state index is 14.0. The number of carbonyl (C=O) groups excluding carboxylic acids is 5. The number of likely N-dealkylation sites (tertiary alicyclic amines) is 1. The summed E-state index contributed by atoms with van der Waals surface area (Å²) in [7, 11) is 0. The first kappa shape index (κ1) is 39.9. The fraction of sp³-hybridized carbons (Fsp3) is 0.341. The van der Waals surface area contributed by atoms with Gasteiger partial charge in [0.25, 0.3) is 0 Å². The number of ketones is 1. The van der Waals surface area contributed by atoms with Crippen LogP contribution in [0.15, 0.2) is 65.7 Å². The summed E-state index contributed by atoms with van der Waals surface area (Å²) in [5.41, 5.74) is 13.5. The highest BCUT2D eigenvalue weighted by molar-refractivity contribution is 6.06. The van der Waals surface area contributed by atoms with Gasteiger partial charge in [0.15, 0.2) is 5.96 Å². The van der Waals surface area contributed by atoms with Crippen molar-refractivity contribution in [2.75, 3.05) is 13.1 Å². The quantitative estimate of drug-likeness (QED) is 0.0510. The first-order valence-corrected chi connectivity index (χ1v) is 18.2. The van der Waals surface area contributed by atoms with Crippen LogP contribution in [0.3, 0.4) is 0 Å². The third-order valence-corrected chi connectivity index (χ3v) is 9.56. The number of guanidine groups is 1. The van der Waals surface area contributed by atoms with Crippen molar-refractivity contribution in [3.63, 3.8) is 0 Å². The van der Waals surface area contributed by atoms with Crippen molar-refractivity contribution in [2.45, 2.75) is 71.0 Å². The lowest BCUT2D eigenvalue weighted by atomic mass is 9.89. The van der Waals surface area contributed by atoms with E-state index < -0.39 is 41.8 Å².